The Bertz CT molecular complexity index is 12.3. The molecule has 0 atom stereocenters. The van der Waals surface area contributed by atoms with Gasteiger partial charge < -0.3 is 20.5 Å². The standard InChI is InChI=1S/BO3.H2O.Pb/c2-1(3)4;;/h;1H2;/q-3;;+3. The Labute approximate surface area is 55.4 Å². The molecule has 6 heavy (non-hydrogen) atoms. The molecule has 0 saturated heterocycles. The van der Waals surface area contributed by atoms with E-state index < -0.39 is 7.32 Å². The van der Waals surface area contributed by atoms with Gasteiger partial charge in [0.2, 0.25) is 0 Å². The van der Waals surface area contributed by atoms with Crippen molar-refractivity contribution < 1.29 is 20.5 Å². The molecule has 0 spiro atoms. The molecule has 0 amide bonds. The van der Waals surface area contributed by atoms with Gasteiger partial charge in [0.25, 0.3) is 0 Å². The molecule has 0 fully saturated rings. The summed E-state index contributed by atoms with van der Waals surface area (Å²) in [7, 11) is -2.92. The Morgan fingerprint density at radius 2 is 1.00 bits per heavy atom. The quantitative estimate of drug-likeness (QED) is 0.416. The Balaban J connectivity index is -0.0000000450. The summed E-state index contributed by atoms with van der Waals surface area (Å²) < 4.78 is 0. The van der Waals surface area contributed by atoms with Gasteiger partial charge in [0, 0.05) is 0 Å². The van der Waals surface area contributed by atoms with Crippen molar-refractivity contribution in [3.8, 4) is 0 Å². The van der Waals surface area contributed by atoms with Crippen LogP contribution in [0.15, 0.2) is 0 Å². The summed E-state index contributed by atoms with van der Waals surface area (Å²) in [5, 5.41) is 25.2. The molecule has 0 aliphatic heterocycles. The van der Waals surface area contributed by atoms with Crippen molar-refractivity contribution in [3.05, 3.63) is 0 Å². The van der Waals surface area contributed by atoms with Crippen LogP contribution < -0.4 is 15.1 Å². The maximum absolute atomic E-state index is 8.42. The number of hydrogen-bond acceptors (Lipinski definition) is 3. The van der Waals surface area contributed by atoms with Crippen LogP contribution in [-0.4, -0.2) is 40.1 Å². The van der Waals surface area contributed by atoms with Crippen LogP contribution in [0.3, 0.4) is 0 Å². The van der Waals surface area contributed by atoms with E-state index in [1.807, 2.05) is 0 Å². The molecular formula is H2BO4Pb. The fourth-order valence-corrected chi connectivity index (χ4v) is 0. The number of hydrogen-bond donors (Lipinski definition) is 0. The molecule has 0 unspecified atom stereocenters. The molecule has 0 saturated carbocycles. The second kappa shape index (κ2) is 9.27. The average molecular weight is 284 g/mol. The first kappa shape index (κ1) is 15.8. The molecule has 0 rings (SSSR count). The van der Waals surface area contributed by atoms with E-state index >= 15 is 0 Å². The Morgan fingerprint density at radius 3 is 1.00 bits per heavy atom. The third kappa shape index (κ3) is 103. The van der Waals surface area contributed by atoms with E-state index in [4.69, 9.17) is 15.1 Å². The largest absolute Gasteiger partial charge is 3.00 e. The fraction of sp³-hybridized carbons (Fsp3) is 0. The predicted octanol–water partition coefficient (Wildman–Crippen LogP) is -5.15. The molecule has 4 nitrogen and oxygen atoms in total. The zero-order chi connectivity index (χ0) is 3.58. The smallest absolute Gasteiger partial charge is 0.907 e. The van der Waals surface area contributed by atoms with Crippen molar-refractivity contribution in [2.45, 2.75) is 0 Å². The van der Waals surface area contributed by atoms with Crippen molar-refractivity contribution in [3.63, 3.8) is 0 Å². The third-order valence-electron chi connectivity index (χ3n) is 0. The molecule has 1 radical (unpaired) electrons. The van der Waals surface area contributed by atoms with Crippen LogP contribution in [0.1, 0.15) is 0 Å². The monoisotopic (exact) mass is 285 g/mol. The van der Waals surface area contributed by atoms with Crippen molar-refractivity contribution >= 4 is 34.6 Å². The van der Waals surface area contributed by atoms with Crippen LogP contribution in [0, 0.1) is 0 Å². The molecule has 0 aliphatic rings. The second-order valence-corrected chi connectivity index (χ2v) is 0.289. The SMILES string of the molecule is O.[O-]B([O-])[O-].[Pb+3]. The van der Waals surface area contributed by atoms with Gasteiger partial charge >= 0.3 is 27.3 Å². The average Bonchev–Trinajstić information content (AvgIpc) is 0.811. The maximum atomic E-state index is 8.42. The van der Waals surface area contributed by atoms with Crippen molar-refractivity contribution in [1.82, 2.24) is 0 Å². The van der Waals surface area contributed by atoms with E-state index in [0.29, 0.717) is 0 Å². The van der Waals surface area contributed by atoms with Gasteiger partial charge in [-0.15, -0.1) is 0 Å². The normalized spacial score (nSPS) is 4.50. The molecule has 0 aliphatic carbocycles. The van der Waals surface area contributed by atoms with E-state index in [-0.39, 0.29) is 32.8 Å². The topological polar surface area (TPSA) is 101 Å². The van der Waals surface area contributed by atoms with Gasteiger partial charge in [-0.3, -0.25) is 7.32 Å². The first-order chi connectivity index (χ1) is 1.73. The summed E-state index contributed by atoms with van der Waals surface area (Å²) >= 11 is 0. The van der Waals surface area contributed by atoms with E-state index in [1.165, 1.54) is 0 Å². The minimum Gasteiger partial charge on any atom is -0.907 e. The van der Waals surface area contributed by atoms with Crippen LogP contribution in [0.25, 0.3) is 0 Å². The fourth-order valence-electron chi connectivity index (χ4n) is 0. The van der Waals surface area contributed by atoms with Gasteiger partial charge in [-0.1, -0.05) is 0 Å². The Kier molecular flexibility index (Phi) is 24.5. The Hall–Kier alpha value is 0.827. The summed E-state index contributed by atoms with van der Waals surface area (Å²) in [6.45, 7) is 0. The molecule has 33 valence electrons. The minimum atomic E-state index is -2.92. The molecule has 0 aromatic heterocycles. The van der Waals surface area contributed by atoms with Gasteiger partial charge in [-0.25, -0.2) is 0 Å². The van der Waals surface area contributed by atoms with Crippen LogP contribution >= 0.6 is 0 Å². The van der Waals surface area contributed by atoms with Crippen LogP contribution in [0.4, 0.5) is 0 Å². The zero-order valence-electron chi connectivity index (χ0n) is 2.80. The summed E-state index contributed by atoms with van der Waals surface area (Å²) in [5.41, 5.74) is 0. The van der Waals surface area contributed by atoms with Gasteiger partial charge in [-0.05, 0) is 0 Å². The second-order valence-electron chi connectivity index (χ2n) is 0.289. The predicted molar refractivity (Wildman–Crippen MR) is 15.1 cm³/mol. The van der Waals surface area contributed by atoms with Crippen LogP contribution in [0.5, 0.6) is 0 Å². The van der Waals surface area contributed by atoms with Crippen molar-refractivity contribution in [2.75, 3.05) is 0 Å². The summed E-state index contributed by atoms with van der Waals surface area (Å²) in [5.74, 6) is 0. The Morgan fingerprint density at radius 1 is 1.00 bits per heavy atom. The van der Waals surface area contributed by atoms with E-state index in [9.17, 15) is 0 Å². The molecule has 0 bridgehead atoms. The third-order valence-corrected chi connectivity index (χ3v) is 0. The molecule has 2 N–H and O–H groups in total. The first-order valence-electron chi connectivity index (χ1n) is 0.707. The first-order valence-corrected chi connectivity index (χ1v) is 0.707. The van der Waals surface area contributed by atoms with Crippen LogP contribution in [-0.2, 0) is 0 Å². The minimum absolute atomic E-state index is 0. The van der Waals surface area contributed by atoms with E-state index in [0.717, 1.165) is 0 Å². The summed E-state index contributed by atoms with van der Waals surface area (Å²) in [6.07, 6.45) is 0. The number of rotatable bonds is 0. The summed E-state index contributed by atoms with van der Waals surface area (Å²) in [4.78, 5) is 0. The van der Waals surface area contributed by atoms with Gasteiger partial charge in [-0.2, -0.15) is 0 Å². The molecule has 0 aromatic rings. The van der Waals surface area contributed by atoms with Gasteiger partial charge in [0.1, 0.15) is 0 Å². The van der Waals surface area contributed by atoms with Gasteiger partial charge in [0.15, 0.2) is 0 Å². The van der Waals surface area contributed by atoms with E-state index in [2.05, 4.69) is 0 Å². The van der Waals surface area contributed by atoms with E-state index in [1.54, 1.807) is 0 Å². The molecule has 6 heteroatoms. The van der Waals surface area contributed by atoms with Crippen molar-refractivity contribution in [1.29, 1.82) is 0 Å². The molecular weight excluding hydrogens is 282 g/mol. The summed E-state index contributed by atoms with van der Waals surface area (Å²) in [6, 6.07) is 0. The molecule has 0 heterocycles. The molecule has 0 aromatic carbocycles. The maximum Gasteiger partial charge on any atom is 3.00 e. The zero-order valence-corrected chi connectivity index (χ0v) is 6.69. The van der Waals surface area contributed by atoms with Crippen molar-refractivity contribution in [2.24, 2.45) is 0 Å². The van der Waals surface area contributed by atoms with Crippen LogP contribution in [0.2, 0.25) is 0 Å². The van der Waals surface area contributed by atoms with Gasteiger partial charge in [0.05, 0.1) is 0 Å².